The summed E-state index contributed by atoms with van der Waals surface area (Å²) in [4.78, 5) is 23.3. The molecule has 0 atom stereocenters. The molecule has 0 saturated carbocycles. The van der Waals surface area contributed by atoms with Crippen LogP contribution in [0.2, 0.25) is 0 Å². The van der Waals surface area contributed by atoms with Crippen LogP contribution in [0.3, 0.4) is 0 Å². The first kappa shape index (κ1) is 16.5. The second-order valence-corrected chi connectivity index (χ2v) is 5.71. The molecule has 1 aliphatic heterocycles. The number of cyclic esters (lactones) is 1. The van der Waals surface area contributed by atoms with E-state index in [1.807, 2.05) is 0 Å². The van der Waals surface area contributed by atoms with E-state index < -0.39 is 0 Å². The predicted octanol–water partition coefficient (Wildman–Crippen LogP) is 4.26. The molecule has 0 aromatic heterocycles. The van der Waals surface area contributed by atoms with Gasteiger partial charge in [-0.3, -0.25) is 0 Å². The molecule has 1 aromatic carbocycles. The molecule has 0 unspecified atom stereocenters. The fourth-order valence-corrected chi connectivity index (χ4v) is 2.57. The number of hydrogen-bond acceptors (Lipinski definition) is 4. The highest BCUT2D eigenvalue weighted by Gasteiger charge is 2.22. The quantitative estimate of drug-likeness (QED) is 0.505. The molecule has 0 amide bonds. The Kier molecular flexibility index (Phi) is 6.44. The zero-order valence-electron chi connectivity index (χ0n) is 13.2. The summed E-state index contributed by atoms with van der Waals surface area (Å²) < 4.78 is 10.2. The number of hydrogen-bond donors (Lipinski definition) is 0. The molecule has 0 aliphatic carbocycles. The molecule has 2 rings (SSSR count). The minimum absolute atomic E-state index is 0.243. The van der Waals surface area contributed by atoms with Crippen molar-refractivity contribution < 1.29 is 19.1 Å². The van der Waals surface area contributed by atoms with Crippen LogP contribution in [0.1, 0.15) is 78.1 Å². The van der Waals surface area contributed by atoms with Gasteiger partial charge >= 0.3 is 11.9 Å². The molecule has 22 heavy (non-hydrogen) atoms. The average Bonchev–Trinajstić information content (AvgIpc) is 2.90. The van der Waals surface area contributed by atoms with Crippen LogP contribution in [-0.2, 0) is 16.1 Å². The number of rotatable bonds is 9. The average molecular weight is 304 g/mol. The Hall–Kier alpha value is -1.84. The molecule has 1 aliphatic rings. The van der Waals surface area contributed by atoms with Gasteiger partial charge in [-0.1, -0.05) is 45.4 Å². The van der Waals surface area contributed by atoms with E-state index in [0.717, 1.165) is 18.4 Å². The number of benzene rings is 1. The molecule has 4 heteroatoms. The normalized spacial score (nSPS) is 12.9. The zero-order valence-corrected chi connectivity index (χ0v) is 13.2. The van der Waals surface area contributed by atoms with Crippen molar-refractivity contribution in [2.75, 3.05) is 6.61 Å². The fraction of sp³-hybridized carbons (Fsp3) is 0.556. The summed E-state index contributed by atoms with van der Waals surface area (Å²) in [5.74, 6) is -0.647. The maximum Gasteiger partial charge on any atom is 0.338 e. The molecule has 1 aromatic rings. The molecule has 120 valence electrons. The van der Waals surface area contributed by atoms with Crippen molar-refractivity contribution in [1.82, 2.24) is 0 Å². The molecule has 4 nitrogen and oxygen atoms in total. The number of ether oxygens (including phenoxy) is 2. The van der Waals surface area contributed by atoms with E-state index in [-0.39, 0.29) is 18.5 Å². The van der Waals surface area contributed by atoms with Crippen LogP contribution < -0.4 is 0 Å². The van der Waals surface area contributed by atoms with E-state index >= 15 is 0 Å². The lowest BCUT2D eigenvalue weighted by atomic mass is 10.1. The summed E-state index contributed by atoms with van der Waals surface area (Å²) >= 11 is 0. The first-order chi connectivity index (χ1) is 10.7. The van der Waals surface area contributed by atoms with Gasteiger partial charge in [-0.25, -0.2) is 9.59 Å². The Labute approximate surface area is 131 Å². The summed E-state index contributed by atoms with van der Waals surface area (Å²) in [6.07, 6.45) is 8.34. The molecule has 0 saturated heterocycles. The van der Waals surface area contributed by atoms with Crippen molar-refractivity contribution in [3.63, 3.8) is 0 Å². The number of carbonyl (C=O) groups excluding carboxylic acids is 2. The molecule has 1 heterocycles. The fourth-order valence-electron chi connectivity index (χ4n) is 2.57. The lowest BCUT2D eigenvalue weighted by Crippen LogP contribution is -2.07. The topological polar surface area (TPSA) is 52.6 Å². The van der Waals surface area contributed by atoms with Crippen LogP contribution >= 0.6 is 0 Å². The van der Waals surface area contributed by atoms with Crippen LogP contribution in [0.15, 0.2) is 18.2 Å². The van der Waals surface area contributed by atoms with Crippen molar-refractivity contribution in [2.24, 2.45) is 0 Å². The highest BCUT2D eigenvalue weighted by atomic mass is 16.5. The lowest BCUT2D eigenvalue weighted by Gasteiger charge is -2.06. The minimum atomic E-state index is -0.326. The maximum atomic E-state index is 12.0. The number of esters is 2. The molecular formula is C18H24O4. The largest absolute Gasteiger partial charge is 0.462 e. The Bertz CT molecular complexity index is 522. The van der Waals surface area contributed by atoms with Crippen molar-refractivity contribution in [2.45, 2.75) is 58.5 Å². The van der Waals surface area contributed by atoms with E-state index in [1.165, 1.54) is 32.1 Å². The molecular weight excluding hydrogens is 280 g/mol. The standard InChI is InChI=1S/C18H24O4/c1-2-3-4-5-6-7-8-11-21-17(19)14-9-10-16-15(12-14)13-22-18(16)20/h9-10,12H,2-8,11,13H2,1H3. The van der Waals surface area contributed by atoms with Crippen molar-refractivity contribution in [1.29, 1.82) is 0 Å². The lowest BCUT2D eigenvalue weighted by molar-refractivity contribution is 0.0496. The third kappa shape index (κ3) is 4.58. The van der Waals surface area contributed by atoms with Crippen molar-refractivity contribution >= 4 is 11.9 Å². The van der Waals surface area contributed by atoms with Gasteiger partial charge in [0.25, 0.3) is 0 Å². The summed E-state index contributed by atoms with van der Waals surface area (Å²) in [6.45, 7) is 2.91. The summed E-state index contributed by atoms with van der Waals surface area (Å²) in [6, 6.07) is 4.95. The zero-order chi connectivity index (χ0) is 15.8. The Morgan fingerprint density at radius 3 is 2.64 bits per heavy atom. The minimum Gasteiger partial charge on any atom is -0.462 e. The van der Waals surface area contributed by atoms with E-state index in [2.05, 4.69) is 6.92 Å². The first-order valence-corrected chi connectivity index (χ1v) is 8.19. The summed E-state index contributed by atoms with van der Waals surface area (Å²) in [7, 11) is 0. The second kappa shape index (κ2) is 8.57. The second-order valence-electron chi connectivity index (χ2n) is 5.71. The summed E-state index contributed by atoms with van der Waals surface area (Å²) in [5.41, 5.74) is 1.79. The first-order valence-electron chi connectivity index (χ1n) is 8.19. The highest BCUT2D eigenvalue weighted by molar-refractivity contribution is 5.96. The predicted molar refractivity (Wildman–Crippen MR) is 83.8 cm³/mol. The van der Waals surface area contributed by atoms with E-state index in [1.54, 1.807) is 18.2 Å². The van der Waals surface area contributed by atoms with Crippen LogP contribution in [0.4, 0.5) is 0 Å². The van der Waals surface area contributed by atoms with Crippen molar-refractivity contribution in [3.05, 3.63) is 34.9 Å². The van der Waals surface area contributed by atoms with Gasteiger partial charge < -0.3 is 9.47 Å². The van der Waals surface area contributed by atoms with Gasteiger partial charge in [0, 0.05) is 5.56 Å². The monoisotopic (exact) mass is 304 g/mol. The van der Waals surface area contributed by atoms with Crippen LogP contribution in [0.25, 0.3) is 0 Å². The van der Waals surface area contributed by atoms with Gasteiger partial charge in [0.2, 0.25) is 0 Å². The maximum absolute atomic E-state index is 12.0. The number of carbonyl (C=O) groups is 2. The number of unbranched alkanes of at least 4 members (excludes halogenated alkanes) is 6. The van der Waals surface area contributed by atoms with E-state index in [4.69, 9.17) is 9.47 Å². The molecule has 0 spiro atoms. The summed E-state index contributed by atoms with van der Waals surface area (Å²) in [5, 5.41) is 0. The van der Waals surface area contributed by atoms with Gasteiger partial charge in [-0.15, -0.1) is 0 Å². The number of fused-ring (bicyclic) bond motifs is 1. The van der Waals surface area contributed by atoms with Crippen molar-refractivity contribution in [3.8, 4) is 0 Å². The smallest absolute Gasteiger partial charge is 0.338 e. The molecule has 0 fully saturated rings. The Morgan fingerprint density at radius 1 is 1.14 bits per heavy atom. The third-order valence-electron chi connectivity index (χ3n) is 3.90. The highest BCUT2D eigenvalue weighted by Crippen LogP contribution is 2.21. The Morgan fingerprint density at radius 2 is 1.86 bits per heavy atom. The Balaban J connectivity index is 1.67. The SMILES string of the molecule is CCCCCCCCCOC(=O)c1ccc2c(c1)COC2=O. The van der Waals surface area contributed by atoms with Gasteiger partial charge in [0.1, 0.15) is 6.61 Å². The molecule has 0 N–H and O–H groups in total. The van der Waals surface area contributed by atoms with E-state index in [0.29, 0.717) is 17.7 Å². The van der Waals surface area contributed by atoms with E-state index in [9.17, 15) is 9.59 Å². The van der Waals surface area contributed by atoms with Crippen LogP contribution in [-0.4, -0.2) is 18.5 Å². The van der Waals surface area contributed by atoms with Gasteiger partial charge in [0.15, 0.2) is 0 Å². The van der Waals surface area contributed by atoms with Crippen LogP contribution in [0, 0.1) is 0 Å². The molecule has 0 bridgehead atoms. The van der Waals surface area contributed by atoms with Crippen LogP contribution in [0.5, 0.6) is 0 Å². The van der Waals surface area contributed by atoms with Gasteiger partial charge in [-0.05, 0) is 24.6 Å². The van der Waals surface area contributed by atoms with Gasteiger partial charge in [-0.2, -0.15) is 0 Å². The van der Waals surface area contributed by atoms with Gasteiger partial charge in [0.05, 0.1) is 17.7 Å². The third-order valence-corrected chi connectivity index (χ3v) is 3.90. The molecule has 0 radical (unpaired) electrons.